The average molecular weight is 609 g/mol. The molecule has 1 unspecified atom stereocenters. The van der Waals surface area contributed by atoms with Gasteiger partial charge in [-0.1, -0.05) is 68.4 Å². The Morgan fingerprint density at radius 2 is 1.73 bits per heavy atom. The number of ether oxygens (including phenoxy) is 2. The zero-order valence-electron chi connectivity index (χ0n) is 25.8. The minimum absolute atomic E-state index is 0.0291. The lowest BCUT2D eigenvalue weighted by molar-refractivity contribution is -0.0646. The minimum Gasteiger partial charge on any atom is -0.475 e. The zero-order chi connectivity index (χ0) is 30.6. The van der Waals surface area contributed by atoms with E-state index in [1.165, 1.54) is 11.9 Å². The van der Waals surface area contributed by atoms with Crippen LogP contribution >= 0.6 is 11.9 Å². The predicted molar refractivity (Wildman–Crippen MR) is 176 cm³/mol. The first-order chi connectivity index (χ1) is 21.3. The third-order valence-corrected chi connectivity index (χ3v) is 9.14. The Morgan fingerprint density at radius 1 is 0.977 bits per heavy atom. The van der Waals surface area contributed by atoms with E-state index < -0.39 is 0 Å². The molecule has 2 heterocycles. The summed E-state index contributed by atoms with van der Waals surface area (Å²) in [6, 6.07) is 26.1. The fourth-order valence-corrected chi connectivity index (χ4v) is 6.78. The molecule has 228 valence electrons. The van der Waals surface area contributed by atoms with Crippen LogP contribution in [0.2, 0.25) is 0 Å². The Morgan fingerprint density at radius 3 is 2.48 bits per heavy atom. The lowest BCUT2D eigenvalue weighted by Gasteiger charge is -2.46. The molecule has 4 aromatic rings. The van der Waals surface area contributed by atoms with Gasteiger partial charge >= 0.3 is 0 Å². The standard InChI is InChI=1S/C36H40N4O3S/c1-23(2)16-29-22-43-33-20-32(34-24(3)10-8-11-25(34)4)37-36(38-33)39-44-31-15-9-14-27(17-31)35(41)40(29)28-18-30(19-28)42-21-26-12-6-5-7-13-26/h5-15,17,20,23,28-30H,16,18-19,21-22H2,1-4H3,(H,37,38,39). The van der Waals surface area contributed by atoms with E-state index in [0.717, 1.165) is 52.1 Å². The molecule has 0 spiro atoms. The first-order valence-electron chi connectivity index (χ1n) is 15.4. The highest BCUT2D eigenvalue weighted by Crippen LogP contribution is 2.35. The molecule has 0 saturated heterocycles. The molecule has 7 nitrogen and oxygen atoms in total. The fraction of sp³-hybridized carbons (Fsp3) is 0.361. The summed E-state index contributed by atoms with van der Waals surface area (Å²) in [6.45, 7) is 9.50. The van der Waals surface area contributed by atoms with Crippen molar-refractivity contribution in [3.8, 4) is 17.1 Å². The second-order valence-corrected chi connectivity index (χ2v) is 13.1. The molecule has 1 N–H and O–H groups in total. The highest BCUT2D eigenvalue weighted by molar-refractivity contribution is 8.00. The Bertz CT molecular complexity index is 1590. The molecule has 1 saturated carbocycles. The van der Waals surface area contributed by atoms with E-state index >= 15 is 0 Å². The Balaban J connectivity index is 1.31. The molecule has 1 aliphatic carbocycles. The zero-order valence-corrected chi connectivity index (χ0v) is 26.6. The number of carbonyl (C=O) groups excluding carboxylic acids is 1. The summed E-state index contributed by atoms with van der Waals surface area (Å²) in [4.78, 5) is 26.9. The van der Waals surface area contributed by atoms with Gasteiger partial charge in [-0.2, -0.15) is 4.98 Å². The second-order valence-electron chi connectivity index (χ2n) is 12.3. The highest BCUT2D eigenvalue weighted by atomic mass is 32.2. The molecule has 2 aliphatic rings. The van der Waals surface area contributed by atoms with Crippen molar-refractivity contribution in [1.82, 2.24) is 14.9 Å². The fourth-order valence-electron chi connectivity index (χ4n) is 6.14. The van der Waals surface area contributed by atoms with Crippen molar-refractivity contribution in [2.24, 2.45) is 5.92 Å². The van der Waals surface area contributed by atoms with Gasteiger partial charge in [0.2, 0.25) is 11.8 Å². The van der Waals surface area contributed by atoms with Crippen molar-refractivity contribution in [2.75, 3.05) is 11.3 Å². The van der Waals surface area contributed by atoms with Crippen molar-refractivity contribution in [1.29, 1.82) is 0 Å². The summed E-state index contributed by atoms with van der Waals surface area (Å²) in [5.41, 5.74) is 5.99. The van der Waals surface area contributed by atoms with Gasteiger partial charge in [-0.3, -0.25) is 9.52 Å². The van der Waals surface area contributed by atoms with Crippen molar-refractivity contribution < 1.29 is 14.3 Å². The van der Waals surface area contributed by atoms with Crippen molar-refractivity contribution in [3.63, 3.8) is 0 Å². The molecule has 0 radical (unpaired) electrons. The van der Waals surface area contributed by atoms with Crippen LogP contribution in [0.1, 0.15) is 60.2 Å². The third-order valence-electron chi connectivity index (χ3n) is 8.37. The second kappa shape index (κ2) is 13.4. The maximum Gasteiger partial charge on any atom is 0.254 e. The molecule has 1 amide bonds. The molecule has 1 aliphatic heterocycles. The number of fused-ring (bicyclic) bond motifs is 4. The SMILES string of the molecule is Cc1cccc(C)c1-c1cc2nc(n1)NSc1cccc(c1)C(=O)N(C1CC(OCc3ccccc3)C1)C(CC(C)C)CO2. The first-order valence-corrected chi connectivity index (χ1v) is 16.2. The number of amides is 1. The monoisotopic (exact) mass is 608 g/mol. The number of rotatable bonds is 7. The highest BCUT2D eigenvalue weighted by Gasteiger charge is 2.41. The molecular weight excluding hydrogens is 568 g/mol. The van der Waals surface area contributed by atoms with Gasteiger partial charge in [-0.25, -0.2) is 4.98 Å². The normalized spacial score (nSPS) is 20.1. The summed E-state index contributed by atoms with van der Waals surface area (Å²) in [5, 5.41) is 0. The Hall–Kier alpha value is -3.88. The summed E-state index contributed by atoms with van der Waals surface area (Å²) >= 11 is 1.39. The number of anilines is 1. The van der Waals surface area contributed by atoms with Gasteiger partial charge in [0.25, 0.3) is 5.91 Å². The smallest absolute Gasteiger partial charge is 0.254 e. The Labute approximate surface area is 264 Å². The van der Waals surface area contributed by atoms with Gasteiger partial charge in [-0.15, -0.1) is 0 Å². The quantitative estimate of drug-likeness (QED) is 0.214. The largest absolute Gasteiger partial charge is 0.475 e. The number of carbonyl (C=O) groups is 1. The summed E-state index contributed by atoms with van der Waals surface area (Å²) in [5.74, 6) is 1.36. The number of nitrogens with one attached hydrogen (secondary N) is 1. The molecule has 1 atom stereocenters. The topological polar surface area (TPSA) is 76.6 Å². The van der Waals surface area contributed by atoms with E-state index in [2.05, 4.69) is 67.6 Å². The van der Waals surface area contributed by atoms with Gasteiger partial charge in [0.05, 0.1) is 24.4 Å². The molecule has 3 aromatic carbocycles. The molecule has 1 aromatic heterocycles. The van der Waals surface area contributed by atoms with E-state index in [-0.39, 0.29) is 24.1 Å². The number of aromatic nitrogens is 2. The lowest BCUT2D eigenvalue weighted by atomic mass is 9.85. The number of hydrogen-bond acceptors (Lipinski definition) is 7. The lowest BCUT2D eigenvalue weighted by Crippen LogP contribution is -2.56. The molecule has 44 heavy (non-hydrogen) atoms. The van der Waals surface area contributed by atoms with Crippen LogP contribution in [-0.2, 0) is 11.3 Å². The van der Waals surface area contributed by atoms with Gasteiger partial charge in [0, 0.05) is 28.1 Å². The van der Waals surface area contributed by atoms with Gasteiger partial charge in [0.15, 0.2) is 0 Å². The van der Waals surface area contributed by atoms with Crippen LogP contribution in [0, 0.1) is 19.8 Å². The maximum atomic E-state index is 14.3. The number of benzene rings is 3. The molecule has 8 heteroatoms. The molecule has 4 bridgehead atoms. The van der Waals surface area contributed by atoms with E-state index in [1.807, 2.05) is 48.5 Å². The molecule has 1 fully saturated rings. The third kappa shape index (κ3) is 6.92. The van der Waals surface area contributed by atoms with E-state index in [9.17, 15) is 4.79 Å². The van der Waals surface area contributed by atoms with Gasteiger partial charge in [-0.05, 0) is 85.9 Å². The van der Waals surface area contributed by atoms with Crippen LogP contribution in [0.4, 0.5) is 5.95 Å². The number of nitrogens with zero attached hydrogens (tertiary/aromatic N) is 3. The van der Waals surface area contributed by atoms with Crippen LogP contribution < -0.4 is 9.46 Å². The Kier molecular flexibility index (Phi) is 9.19. The van der Waals surface area contributed by atoms with Crippen LogP contribution in [0.15, 0.2) is 83.8 Å². The van der Waals surface area contributed by atoms with Crippen molar-refractivity contribution >= 4 is 23.8 Å². The molecular formula is C36H40N4O3S. The van der Waals surface area contributed by atoms with Crippen LogP contribution in [0.25, 0.3) is 11.3 Å². The van der Waals surface area contributed by atoms with Crippen LogP contribution in [-0.4, -0.2) is 45.6 Å². The van der Waals surface area contributed by atoms with Crippen LogP contribution in [0.5, 0.6) is 5.88 Å². The summed E-state index contributed by atoms with van der Waals surface area (Å²) in [7, 11) is 0. The minimum atomic E-state index is -0.130. The van der Waals surface area contributed by atoms with E-state index in [1.54, 1.807) is 0 Å². The van der Waals surface area contributed by atoms with Gasteiger partial charge in [0.1, 0.15) is 6.61 Å². The summed E-state index contributed by atoms with van der Waals surface area (Å²) < 4.78 is 16.0. The maximum absolute atomic E-state index is 14.3. The van der Waals surface area contributed by atoms with Crippen molar-refractivity contribution in [2.45, 2.75) is 76.6 Å². The molecule has 6 rings (SSSR count). The number of aryl methyl sites for hydroxylation is 2. The van der Waals surface area contributed by atoms with Crippen LogP contribution in [0.3, 0.4) is 0 Å². The van der Waals surface area contributed by atoms with Gasteiger partial charge < -0.3 is 14.4 Å². The predicted octanol–water partition coefficient (Wildman–Crippen LogP) is 7.88. The van der Waals surface area contributed by atoms with E-state index in [0.29, 0.717) is 36.5 Å². The van der Waals surface area contributed by atoms with E-state index in [4.69, 9.17) is 19.4 Å². The summed E-state index contributed by atoms with van der Waals surface area (Å²) in [6.07, 6.45) is 2.54. The first kappa shape index (κ1) is 30.2. The average Bonchev–Trinajstić information content (AvgIpc) is 2.99. The van der Waals surface area contributed by atoms with Crippen molar-refractivity contribution in [3.05, 3.63) is 101 Å². The number of hydrogen-bond donors (Lipinski definition) is 1.